The molecular formula is C12H21N3O2. The molecule has 0 radical (unpaired) electrons. The van der Waals surface area contributed by atoms with E-state index >= 15 is 0 Å². The molecule has 96 valence electrons. The van der Waals surface area contributed by atoms with Crippen molar-refractivity contribution in [2.24, 2.45) is 11.8 Å². The first kappa shape index (κ1) is 12.4. The van der Waals surface area contributed by atoms with Crippen molar-refractivity contribution >= 4 is 11.8 Å². The van der Waals surface area contributed by atoms with Crippen LogP contribution in [0.2, 0.25) is 0 Å². The monoisotopic (exact) mass is 239 g/mol. The van der Waals surface area contributed by atoms with Gasteiger partial charge in [-0.2, -0.15) is 0 Å². The van der Waals surface area contributed by atoms with E-state index < -0.39 is 0 Å². The van der Waals surface area contributed by atoms with Crippen LogP contribution < -0.4 is 10.6 Å². The lowest BCUT2D eigenvalue weighted by Gasteiger charge is -2.36. The highest BCUT2D eigenvalue weighted by molar-refractivity contribution is 5.89. The lowest BCUT2D eigenvalue weighted by atomic mass is 9.95. The molecule has 2 aliphatic rings. The maximum atomic E-state index is 12.4. The van der Waals surface area contributed by atoms with Gasteiger partial charge in [0.25, 0.3) is 0 Å². The van der Waals surface area contributed by atoms with Crippen LogP contribution in [0, 0.1) is 11.8 Å². The Kier molecular flexibility index (Phi) is 3.66. The largest absolute Gasteiger partial charge is 0.353 e. The lowest BCUT2D eigenvalue weighted by molar-refractivity contribution is -0.146. The van der Waals surface area contributed by atoms with E-state index in [0.29, 0.717) is 25.4 Å². The second kappa shape index (κ2) is 5.04. The van der Waals surface area contributed by atoms with Crippen LogP contribution in [0.15, 0.2) is 0 Å². The lowest BCUT2D eigenvalue weighted by Crippen LogP contribution is -2.58. The predicted molar refractivity (Wildman–Crippen MR) is 64.3 cm³/mol. The van der Waals surface area contributed by atoms with Gasteiger partial charge in [-0.05, 0) is 18.9 Å². The molecule has 0 aliphatic carbocycles. The molecule has 17 heavy (non-hydrogen) atoms. The molecule has 0 aromatic heterocycles. The minimum absolute atomic E-state index is 0.00860. The van der Waals surface area contributed by atoms with Crippen LogP contribution in [0.3, 0.4) is 0 Å². The van der Waals surface area contributed by atoms with Gasteiger partial charge in [-0.1, -0.05) is 13.8 Å². The van der Waals surface area contributed by atoms with Gasteiger partial charge in [0.1, 0.15) is 6.04 Å². The fourth-order valence-corrected chi connectivity index (χ4v) is 2.74. The Morgan fingerprint density at radius 3 is 2.82 bits per heavy atom. The van der Waals surface area contributed by atoms with Gasteiger partial charge >= 0.3 is 0 Å². The molecule has 3 atom stereocenters. The van der Waals surface area contributed by atoms with Crippen LogP contribution in [0.5, 0.6) is 0 Å². The third kappa shape index (κ3) is 2.29. The second-order valence-electron chi connectivity index (χ2n) is 4.99. The van der Waals surface area contributed by atoms with Gasteiger partial charge in [0.2, 0.25) is 11.8 Å². The van der Waals surface area contributed by atoms with Gasteiger partial charge in [0.15, 0.2) is 0 Å². The van der Waals surface area contributed by atoms with E-state index in [1.165, 1.54) is 0 Å². The van der Waals surface area contributed by atoms with Crippen molar-refractivity contribution in [1.82, 2.24) is 15.5 Å². The van der Waals surface area contributed by atoms with E-state index in [2.05, 4.69) is 17.6 Å². The van der Waals surface area contributed by atoms with Crippen LogP contribution in [0.4, 0.5) is 0 Å². The molecule has 2 rings (SSSR count). The Hall–Kier alpha value is -1.10. The van der Waals surface area contributed by atoms with Crippen molar-refractivity contribution in [3.05, 3.63) is 0 Å². The fraction of sp³-hybridized carbons (Fsp3) is 0.833. The van der Waals surface area contributed by atoms with Crippen molar-refractivity contribution in [3.8, 4) is 0 Å². The number of hydrogen-bond acceptors (Lipinski definition) is 3. The molecule has 0 spiro atoms. The maximum absolute atomic E-state index is 12.4. The number of hydrogen-bond donors (Lipinski definition) is 2. The van der Waals surface area contributed by atoms with E-state index in [0.717, 1.165) is 13.1 Å². The number of carbonyl (C=O) groups is 2. The van der Waals surface area contributed by atoms with Gasteiger partial charge in [0, 0.05) is 19.6 Å². The van der Waals surface area contributed by atoms with Gasteiger partial charge in [-0.25, -0.2) is 0 Å². The molecule has 2 N–H and O–H groups in total. The van der Waals surface area contributed by atoms with Crippen LogP contribution in [0.25, 0.3) is 0 Å². The Morgan fingerprint density at radius 2 is 2.24 bits per heavy atom. The summed E-state index contributed by atoms with van der Waals surface area (Å²) < 4.78 is 0. The number of nitrogens with one attached hydrogen (secondary N) is 2. The summed E-state index contributed by atoms with van der Waals surface area (Å²) in [7, 11) is 0. The first-order valence-electron chi connectivity index (χ1n) is 6.44. The highest BCUT2D eigenvalue weighted by Crippen LogP contribution is 2.21. The highest BCUT2D eigenvalue weighted by atomic mass is 16.2. The summed E-state index contributed by atoms with van der Waals surface area (Å²) in [5, 5.41) is 6.06. The number of carbonyl (C=O) groups excluding carboxylic acids is 2. The number of amides is 2. The third-order valence-corrected chi connectivity index (χ3v) is 3.84. The molecule has 0 aromatic rings. The number of rotatable bonds is 2. The minimum Gasteiger partial charge on any atom is -0.353 e. The van der Waals surface area contributed by atoms with Crippen molar-refractivity contribution in [2.45, 2.75) is 26.3 Å². The SMILES string of the molecule is CCC1C(=O)NCCN1C(=O)C1CNCC1C. The average Bonchev–Trinajstić information content (AvgIpc) is 2.74. The fourth-order valence-electron chi connectivity index (χ4n) is 2.74. The summed E-state index contributed by atoms with van der Waals surface area (Å²) >= 11 is 0. The van der Waals surface area contributed by atoms with Crippen molar-refractivity contribution in [1.29, 1.82) is 0 Å². The highest BCUT2D eigenvalue weighted by Gasteiger charge is 2.38. The van der Waals surface area contributed by atoms with Crippen molar-refractivity contribution < 1.29 is 9.59 Å². The summed E-state index contributed by atoms with van der Waals surface area (Å²) in [6.07, 6.45) is 0.687. The second-order valence-corrected chi connectivity index (χ2v) is 4.99. The number of piperazine rings is 1. The molecule has 3 unspecified atom stereocenters. The number of nitrogens with zero attached hydrogens (tertiary/aromatic N) is 1. The van der Waals surface area contributed by atoms with E-state index in [9.17, 15) is 9.59 Å². The molecule has 2 saturated heterocycles. The van der Waals surface area contributed by atoms with E-state index in [4.69, 9.17) is 0 Å². The zero-order valence-electron chi connectivity index (χ0n) is 10.5. The zero-order chi connectivity index (χ0) is 12.4. The van der Waals surface area contributed by atoms with Crippen molar-refractivity contribution in [3.63, 3.8) is 0 Å². The molecule has 0 bridgehead atoms. The molecule has 5 nitrogen and oxygen atoms in total. The van der Waals surface area contributed by atoms with Crippen LogP contribution in [-0.2, 0) is 9.59 Å². The van der Waals surface area contributed by atoms with E-state index in [1.54, 1.807) is 4.90 Å². The topological polar surface area (TPSA) is 61.4 Å². The smallest absolute Gasteiger partial charge is 0.242 e. The Labute approximate surface area is 102 Å². The zero-order valence-corrected chi connectivity index (χ0v) is 10.5. The van der Waals surface area contributed by atoms with Crippen LogP contribution in [0.1, 0.15) is 20.3 Å². The molecule has 0 saturated carbocycles. The molecule has 2 aliphatic heterocycles. The summed E-state index contributed by atoms with van der Waals surface area (Å²) in [6, 6.07) is -0.274. The quantitative estimate of drug-likeness (QED) is 0.688. The Bertz CT molecular complexity index is 319. The molecule has 5 heteroatoms. The summed E-state index contributed by atoms with van der Waals surface area (Å²) in [5.74, 6) is 0.537. The Balaban J connectivity index is 2.09. The van der Waals surface area contributed by atoms with Gasteiger partial charge in [-0.3, -0.25) is 9.59 Å². The molecule has 2 amide bonds. The molecular weight excluding hydrogens is 218 g/mol. The molecule has 2 fully saturated rings. The first-order valence-corrected chi connectivity index (χ1v) is 6.44. The minimum atomic E-state index is -0.274. The summed E-state index contributed by atoms with van der Waals surface area (Å²) in [4.78, 5) is 25.9. The first-order chi connectivity index (χ1) is 8.15. The molecule has 2 heterocycles. The maximum Gasteiger partial charge on any atom is 0.242 e. The standard InChI is InChI=1S/C12H21N3O2/c1-3-10-11(16)14-4-5-15(10)12(17)9-7-13-6-8(9)2/h8-10,13H,3-7H2,1-2H3,(H,14,16). The van der Waals surface area contributed by atoms with Crippen LogP contribution >= 0.6 is 0 Å². The predicted octanol–water partition coefficient (Wildman–Crippen LogP) is -0.421. The summed E-state index contributed by atoms with van der Waals surface area (Å²) in [6.45, 7) is 6.91. The van der Waals surface area contributed by atoms with Gasteiger partial charge in [-0.15, -0.1) is 0 Å². The van der Waals surface area contributed by atoms with Gasteiger partial charge < -0.3 is 15.5 Å². The average molecular weight is 239 g/mol. The van der Waals surface area contributed by atoms with Crippen molar-refractivity contribution in [2.75, 3.05) is 26.2 Å². The van der Waals surface area contributed by atoms with E-state index in [-0.39, 0.29) is 23.8 Å². The third-order valence-electron chi connectivity index (χ3n) is 3.84. The van der Waals surface area contributed by atoms with E-state index in [1.807, 2.05) is 6.92 Å². The molecule has 0 aromatic carbocycles. The normalized spacial score (nSPS) is 33.6. The van der Waals surface area contributed by atoms with Crippen LogP contribution in [-0.4, -0.2) is 48.9 Å². The van der Waals surface area contributed by atoms with Gasteiger partial charge in [0.05, 0.1) is 5.92 Å². The Morgan fingerprint density at radius 1 is 1.47 bits per heavy atom. The summed E-state index contributed by atoms with van der Waals surface area (Å²) in [5.41, 5.74) is 0.